The van der Waals surface area contributed by atoms with Crippen molar-refractivity contribution in [3.8, 4) is 0 Å². The number of amides is 2. The topological polar surface area (TPSA) is 127 Å². The highest BCUT2D eigenvalue weighted by atomic mass is 35.5. The first-order valence-electron chi connectivity index (χ1n) is 8.79. The van der Waals surface area contributed by atoms with Crippen molar-refractivity contribution in [3.63, 3.8) is 0 Å². The Hall–Kier alpha value is -2.92. The van der Waals surface area contributed by atoms with Gasteiger partial charge in [0.2, 0.25) is 10.0 Å². The molecule has 0 heterocycles. The molecule has 3 aromatic rings. The first-order chi connectivity index (χ1) is 14.5. The molecule has 0 bridgehead atoms. The number of carbonyl (C=O) groups excluding carboxylic acids is 1. The summed E-state index contributed by atoms with van der Waals surface area (Å²) in [6.07, 6.45) is 0. The van der Waals surface area contributed by atoms with Crippen molar-refractivity contribution in [3.05, 3.63) is 83.4 Å². The number of anilines is 2. The Kier molecular flexibility index (Phi) is 6.37. The lowest BCUT2D eigenvalue weighted by Crippen LogP contribution is -2.40. The molecule has 0 spiro atoms. The third-order valence-electron chi connectivity index (χ3n) is 4.26. The van der Waals surface area contributed by atoms with E-state index in [4.69, 9.17) is 16.7 Å². The molecule has 0 unspecified atom stereocenters. The van der Waals surface area contributed by atoms with Gasteiger partial charge in [-0.15, -0.1) is 0 Å². The third-order valence-corrected chi connectivity index (χ3v) is 6.78. The number of carbonyl (C=O) groups is 1. The molecule has 0 saturated carbocycles. The molecule has 0 aromatic heterocycles. The third kappa shape index (κ3) is 5.42. The number of rotatable bonds is 5. The van der Waals surface area contributed by atoms with Crippen molar-refractivity contribution in [1.29, 1.82) is 0 Å². The van der Waals surface area contributed by atoms with E-state index in [1.807, 2.05) is 11.6 Å². The number of nitrogens with zero attached hydrogens (tertiary/aromatic N) is 1. The summed E-state index contributed by atoms with van der Waals surface area (Å²) in [7, 11) is -8.10. The van der Waals surface area contributed by atoms with Crippen LogP contribution in [-0.4, -0.2) is 22.9 Å². The van der Waals surface area contributed by atoms with Gasteiger partial charge in [0.1, 0.15) is 0 Å². The van der Waals surface area contributed by atoms with Gasteiger partial charge in [0.25, 0.3) is 10.0 Å². The van der Waals surface area contributed by atoms with Gasteiger partial charge in [-0.25, -0.2) is 31.5 Å². The number of sulfonamides is 2. The molecule has 31 heavy (non-hydrogen) atoms. The van der Waals surface area contributed by atoms with E-state index < -0.39 is 26.1 Å². The van der Waals surface area contributed by atoms with Gasteiger partial charge in [-0.1, -0.05) is 29.3 Å². The summed E-state index contributed by atoms with van der Waals surface area (Å²) in [4.78, 5) is 13.9. The minimum atomic E-state index is -4.16. The van der Waals surface area contributed by atoms with Gasteiger partial charge in [0, 0.05) is 5.02 Å². The van der Waals surface area contributed by atoms with Gasteiger partial charge < -0.3 is 0 Å². The summed E-state index contributed by atoms with van der Waals surface area (Å²) in [5, 5.41) is 5.53. The number of hydrogen-bond donors (Lipinski definition) is 2. The Balaban J connectivity index is 2.01. The minimum Gasteiger partial charge on any atom is -0.262 e. The van der Waals surface area contributed by atoms with Gasteiger partial charge in [-0.2, -0.15) is 0 Å². The monoisotopic (exact) mass is 479 g/mol. The van der Waals surface area contributed by atoms with Gasteiger partial charge in [0.15, 0.2) is 0 Å². The number of nitrogens with two attached hydrogens (primary N) is 1. The fourth-order valence-corrected chi connectivity index (χ4v) is 4.27. The molecule has 0 fully saturated rings. The lowest BCUT2D eigenvalue weighted by atomic mass is 10.2. The number of halogens is 1. The molecule has 0 aliphatic rings. The summed E-state index contributed by atoms with van der Waals surface area (Å²) in [5.41, 5.74) is 1.39. The highest BCUT2D eigenvalue weighted by molar-refractivity contribution is 7.90. The Morgan fingerprint density at radius 1 is 0.806 bits per heavy atom. The van der Waals surface area contributed by atoms with E-state index in [9.17, 15) is 21.6 Å². The maximum absolute atomic E-state index is 13.0. The molecule has 11 heteroatoms. The highest BCUT2D eigenvalue weighted by Crippen LogP contribution is 2.28. The van der Waals surface area contributed by atoms with Crippen LogP contribution in [0.1, 0.15) is 5.56 Å². The zero-order valence-corrected chi connectivity index (χ0v) is 18.6. The van der Waals surface area contributed by atoms with Crippen molar-refractivity contribution in [2.45, 2.75) is 16.7 Å². The van der Waals surface area contributed by atoms with E-state index in [1.54, 1.807) is 12.1 Å². The second-order valence-electron chi connectivity index (χ2n) is 6.57. The van der Waals surface area contributed by atoms with Gasteiger partial charge >= 0.3 is 6.03 Å². The van der Waals surface area contributed by atoms with Crippen LogP contribution in [0.3, 0.4) is 0 Å². The predicted molar refractivity (Wildman–Crippen MR) is 118 cm³/mol. The summed E-state index contributed by atoms with van der Waals surface area (Å²) < 4.78 is 50.4. The SMILES string of the molecule is Cc1ccc(S(=O)(=O)NC(=O)N(c2ccc(Cl)cc2)c2ccc(S(N)(=O)=O)cc2)cc1. The summed E-state index contributed by atoms with van der Waals surface area (Å²) in [6, 6.07) is 16.3. The van der Waals surface area contributed by atoms with Crippen LogP contribution in [0.15, 0.2) is 82.6 Å². The molecular weight excluding hydrogens is 462 g/mol. The Morgan fingerprint density at radius 3 is 1.74 bits per heavy atom. The van der Waals surface area contributed by atoms with Crippen molar-refractivity contribution in [2.75, 3.05) is 4.90 Å². The molecule has 0 aliphatic heterocycles. The van der Waals surface area contributed by atoms with Gasteiger partial charge in [0.05, 0.1) is 21.2 Å². The van der Waals surface area contributed by atoms with Gasteiger partial charge in [-0.3, -0.25) is 4.90 Å². The number of primary sulfonamides is 1. The van der Waals surface area contributed by atoms with Crippen LogP contribution in [-0.2, 0) is 20.0 Å². The van der Waals surface area contributed by atoms with E-state index in [0.717, 1.165) is 10.5 Å². The standard InChI is InChI=1S/C20H18ClN3O5S2/c1-14-2-10-19(11-3-14)31(28,29)23-20(25)24(16-6-4-15(21)5-7-16)17-8-12-18(13-9-17)30(22,26)27/h2-13H,1H3,(H,23,25)(H2,22,26,27). The molecule has 8 nitrogen and oxygen atoms in total. The normalized spacial score (nSPS) is 11.7. The molecule has 0 atom stereocenters. The smallest absolute Gasteiger partial charge is 0.262 e. The van der Waals surface area contributed by atoms with E-state index in [-0.39, 0.29) is 15.5 Å². The Labute approximate surface area is 185 Å². The first kappa shape index (κ1) is 22.8. The number of aryl methyl sites for hydroxylation is 1. The van der Waals surface area contributed by atoms with E-state index >= 15 is 0 Å². The maximum Gasteiger partial charge on any atom is 0.340 e. The molecular formula is C20H18ClN3O5S2. The van der Waals surface area contributed by atoms with Crippen molar-refractivity contribution in [2.24, 2.45) is 5.14 Å². The van der Waals surface area contributed by atoms with Crippen LogP contribution in [0.2, 0.25) is 5.02 Å². The largest absolute Gasteiger partial charge is 0.340 e. The molecule has 0 aliphatic carbocycles. The zero-order valence-electron chi connectivity index (χ0n) is 16.2. The van der Waals surface area contributed by atoms with Crippen LogP contribution < -0.4 is 14.8 Å². The van der Waals surface area contributed by atoms with Crippen molar-refractivity contribution < 1.29 is 21.6 Å². The molecule has 162 valence electrons. The number of hydrogen-bond acceptors (Lipinski definition) is 5. The van der Waals surface area contributed by atoms with Crippen molar-refractivity contribution in [1.82, 2.24) is 4.72 Å². The average Bonchev–Trinajstić information content (AvgIpc) is 2.69. The van der Waals surface area contributed by atoms with E-state index in [2.05, 4.69) is 0 Å². The Bertz CT molecular complexity index is 1310. The Morgan fingerprint density at radius 2 is 1.26 bits per heavy atom. The summed E-state index contributed by atoms with van der Waals surface area (Å²) >= 11 is 5.92. The first-order valence-corrected chi connectivity index (χ1v) is 12.2. The van der Waals surface area contributed by atoms with Crippen LogP contribution in [0, 0.1) is 6.92 Å². The second kappa shape index (κ2) is 8.67. The van der Waals surface area contributed by atoms with E-state index in [1.165, 1.54) is 60.7 Å². The van der Waals surface area contributed by atoms with E-state index in [0.29, 0.717) is 10.7 Å². The average molecular weight is 480 g/mol. The zero-order chi connectivity index (χ0) is 22.8. The fraction of sp³-hybridized carbons (Fsp3) is 0.0500. The highest BCUT2D eigenvalue weighted by Gasteiger charge is 2.25. The lowest BCUT2D eigenvalue weighted by Gasteiger charge is -2.23. The molecule has 0 saturated heterocycles. The minimum absolute atomic E-state index is 0.0768. The number of urea groups is 1. The summed E-state index contributed by atoms with van der Waals surface area (Å²) in [6.45, 7) is 1.81. The van der Waals surface area contributed by atoms with Crippen LogP contribution >= 0.6 is 11.6 Å². The van der Waals surface area contributed by atoms with Crippen LogP contribution in [0.25, 0.3) is 0 Å². The molecule has 2 amide bonds. The molecule has 3 N–H and O–H groups in total. The quantitative estimate of drug-likeness (QED) is 0.578. The number of benzene rings is 3. The maximum atomic E-state index is 13.0. The van der Waals surface area contributed by atoms with Crippen LogP contribution in [0.4, 0.5) is 16.2 Å². The molecule has 3 aromatic carbocycles. The second-order valence-corrected chi connectivity index (χ2v) is 10.3. The number of nitrogens with one attached hydrogen (secondary N) is 1. The van der Waals surface area contributed by atoms with Gasteiger partial charge in [-0.05, 0) is 67.6 Å². The molecule has 0 radical (unpaired) electrons. The van der Waals surface area contributed by atoms with Crippen LogP contribution in [0.5, 0.6) is 0 Å². The lowest BCUT2D eigenvalue weighted by molar-refractivity contribution is 0.253. The fourth-order valence-electron chi connectivity index (χ4n) is 2.70. The predicted octanol–water partition coefficient (Wildman–Crippen LogP) is 3.53. The van der Waals surface area contributed by atoms with Crippen molar-refractivity contribution >= 4 is 49.1 Å². The summed E-state index contributed by atoms with van der Waals surface area (Å²) in [5.74, 6) is 0. The molecule has 3 rings (SSSR count).